The molecule has 0 saturated heterocycles. The predicted molar refractivity (Wildman–Crippen MR) is 139 cm³/mol. The molecular formula is C32H44O2. The van der Waals surface area contributed by atoms with E-state index in [0.717, 1.165) is 54.9 Å². The standard InChI is InChI=1S/C32H44O2/c1-22(9-12-25(33)13-10-23-7-5-4-6-8-23)28-15-16-29-27-14-11-24-21-26(34)17-19-31(24,2)30(27)18-20-32(28,29)3/h4-8,10,13,22,24,27-30H,9,11-12,14-21H2,1-3H3/b13-10+/t22-,24-,27+,28?,29+,30+,31+,32-/m0/s1. The zero-order valence-electron chi connectivity index (χ0n) is 21.6. The SMILES string of the molecule is C[C@@H](CCC(=O)/C=C/c1ccccc1)C1CC[C@@H]2[C@H]3CC[C@H]4CC(=O)CC[C@@]4(C)[C@@H]3CC[C@@]12C. The number of hydrogen-bond acceptors (Lipinski definition) is 2. The number of Topliss-reactive ketones (excluding diaryl/α,β-unsaturated/α-hetero) is 1. The highest BCUT2D eigenvalue weighted by Crippen LogP contribution is 2.68. The van der Waals surface area contributed by atoms with E-state index >= 15 is 0 Å². The highest BCUT2D eigenvalue weighted by Gasteiger charge is 2.60. The molecule has 8 atom stereocenters. The molecule has 0 radical (unpaired) electrons. The summed E-state index contributed by atoms with van der Waals surface area (Å²) in [6, 6.07) is 10.1. The fourth-order valence-corrected chi connectivity index (χ4v) is 9.43. The summed E-state index contributed by atoms with van der Waals surface area (Å²) in [6.45, 7) is 7.58. The predicted octanol–water partition coefficient (Wildman–Crippen LogP) is 7.91. The second kappa shape index (κ2) is 9.40. The number of benzene rings is 1. The molecule has 34 heavy (non-hydrogen) atoms. The van der Waals surface area contributed by atoms with E-state index in [-0.39, 0.29) is 5.78 Å². The van der Waals surface area contributed by atoms with Gasteiger partial charge in [0.25, 0.3) is 0 Å². The first-order valence-electron chi connectivity index (χ1n) is 14.1. The number of carbonyl (C=O) groups is 2. The van der Waals surface area contributed by atoms with Gasteiger partial charge < -0.3 is 0 Å². The first-order chi connectivity index (χ1) is 16.3. The monoisotopic (exact) mass is 460 g/mol. The van der Waals surface area contributed by atoms with Crippen LogP contribution in [0.5, 0.6) is 0 Å². The van der Waals surface area contributed by atoms with Crippen LogP contribution in [0.25, 0.3) is 6.08 Å². The molecule has 0 aliphatic heterocycles. The summed E-state index contributed by atoms with van der Waals surface area (Å²) in [5.74, 6) is 5.33. The van der Waals surface area contributed by atoms with Crippen molar-refractivity contribution >= 4 is 17.6 Å². The van der Waals surface area contributed by atoms with Crippen LogP contribution in [0.1, 0.15) is 97.0 Å². The topological polar surface area (TPSA) is 34.1 Å². The Morgan fingerprint density at radius 2 is 1.76 bits per heavy atom. The van der Waals surface area contributed by atoms with Gasteiger partial charge in [0.15, 0.2) is 5.78 Å². The Balaban J connectivity index is 1.21. The molecule has 0 N–H and O–H groups in total. The molecule has 1 unspecified atom stereocenters. The van der Waals surface area contributed by atoms with E-state index < -0.39 is 0 Å². The summed E-state index contributed by atoms with van der Waals surface area (Å²) < 4.78 is 0. The normalized spacial score (nSPS) is 40.4. The molecule has 4 saturated carbocycles. The molecule has 0 spiro atoms. The van der Waals surface area contributed by atoms with Gasteiger partial charge in [-0.1, -0.05) is 57.2 Å². The van der Waals surface area contributed by atoms with Gasteiger partial charge in [-0.25, -0.2) is 0 Å². The van der Waals surface area contributed by atoms with Gasteiger partial charge in [-0.05, 0) is 109 Å². The lowest BCUT2D eigenvalue weighted by atomic mass is 9.44. The Kier molecular flexibility index (Phi) is 6.64. The largest absolute Gasteiger partial charge is 0.300 e. The average Bonchev–Trinajstić information content (AvgIpc) is 3.19. The van der Waals surface area contributed by atoms with Gasteiger partial charge in [-0.3, -0.25) is 9.59 Å². The Labute approximate surface area is 207 Å². The van der Waals surface area contributed by atoms with Gasteiger partial charge in [-0.2, -0.15) is 0 Å². The van der Waals surface area contributed by atoms with Gasteiger partial charge >= 0.3 is 0 Å². The van der Waals surface area contributed by atoms with Crippen molar-refractivity contribution in [1.82, 2.24) is 0 Å². The maximum Gasteiger partial charge on any atom is 0.155 e. The summed E-state index contributed by atoms with van der Waals surface area (Å²) in [7, 11) is 0. The molecule has 0 amide bonds. The average molecular weight is 461 g/mol. The second-order valence-electron chi connectivity index (χ2n) is 12.9. The Morgan fingerprint density at radius 3 is 2.56 bits per heavy atom. The zero-order valence-corrected chi connectivity index (χ0v) is 21.6. The lowest BCUT2D eigenvalue weighted by Crippen LogP contribution is -2.53. The van der Waals surface area contributed by atoms with E-state index in [9.17, 15) is 9.59 Å². The smallest absolute Gasteiger partial charge is 0.155 e. The third-order valence-electron chi connectivity index (χ3n) is 11.3. The number of hydrogen-bond donors (Lipinski definition) is 0. The highest BCUT2D eigenvalue weighted by atomic mass is 16.1. The van der Waals surface area contributed by atoms with Crippen LogP contribution in [-0.4, -0.2) is 11.6 Å². The van der Waals surface area contributed by atoms with Crippen LogP contribution in [0, 0.1) is 46.3 Å². The number of carbonyl (C=O) groups excluding carboxylic acids is 2. The molecule has 2 nitrogen and oxygen atoms in total. The third-order valence-corrected chi connectivity index (χ3v) is 11.3. The lowest BCUT2D eigenvalue weighted by molar-refractivity contribution is -0.140. The maximum absolute atomic E-state index is 12.6. The van der Waals surface area contributed by atoms with Crippen LogP contribution in [0.3, 0.4) is 0 Å². The fraction of sp³-hybridized carbons (Fsp3) is 0.688. The van der Waals surface area contributed by atoms with Crippen LogP contribution in [-0.2, 0) is 9.59 Å². The van der Waals surface area contributed by atoms with Gasteiger partial charge in [0, 0.05) is 19.3 Å². The molecule has 0 aromatic heterocycles. The molecule has 184 valence electrons. The minimum Gasteiger partial charge on any atom is -0.300 e. The van der Waals surface area contributed by atoms with Gasteiger partial charge in [0.2, 0.25) is 0 Å². The summed E-state index contributed by atoms with van der Waals surface area (Å²) in [6.07, 6.45) is 16.3. The summed E-state index contributed by atoms with van der Waals surface area (Å²) in [5, 5.41) is 0. The number of allylic oxidation sites excluding steroid dienone is 1. The first kappa shape index (κ1) is 24.0. The van der Waals surface area contributed by atoms with Crippen molar-refractivity contribution in [3.8, 4) is 0 Å². The van der Waals surface area contributed by atoms with E-state index in [1.54, 1.807) is 6.08 Å². The Hall–Kier alpha value is -1.70. The van der Waals surface area contributed by atoms with E-state index in [1.807, 2.05) is 36.4 Å². The Bertz CT molecular complexity index is 932. The quantitative estimate of drug-likeness (QED) is 0.404. The second-order valence-corrected chi connectivity index (χ2v) is 12.9. The Morgan fingerprint density at radius 1 is 1.00 bits per heavy atom. The van der Waals surface area contributed by atoms with E-state index in [4.69, 9.17) is 0 Å². The van der Waals surface area contributed by atoms with Crippen LogP contribution in [0.4, 0.5) is 0 Å². The summed E-state index contributed by atoms with van der Waals surface area (Å²) in [4.78, 5) is 24.7. The van der Waals surface area contributed by atoms with Gasteiger partial charge in [0.1, 0.15) is 5.78 Å². The fourth-order valence-electron chi connectivity index (χ4n) is 9.43. The van der Waals surface area contributed by atoms with Gasteiger partial charge in [0.05, 0.1) is 0 Å². The highest BCUT2D eigenvalue weighted by molar-refractivity contribution is 5.93. The molecule has 4 aliphatic rings. The number of fused-ring (bicyclic) bond motifs is 5. The van der Waals surface area contributed by atoms with E-state index in [0.29, 0.717) is 34.9 Å². The van der Waals surface area contributed by atoms with Crippen molar-refractivity contribution in [3.63, 3.8) is 0 Å². The van der Waals surface area contributed by atoms with E-state index in [1.165, 1.54) is 38.5 Å². The molecule has 0 heterocycles. The first-order valence-corrected chi connectivity index (χ1v) is 14.1. The molecule has 1 aromatic rings. The van der Waals surface area contributed by atoms with Crippen LogP contribution in [0.2, 0.25) is 0 Å². The van der Waals surface area contributed by atoms with Crippen LogP contribution in [0.15, 0.2) is 36.4 Å². The molecule has 1 aromatic carbocycles. The number of rotatable bonds is 6. The summed E-state index contributed by atoms with van der Waals surface area (Å²) >= 11 is 0. The van der Waals surface area contributed by atoms with Crippen molar-refractivity contribution in [2.24, 2.45) is 46.3 Å². The third kappa shape index (κ3) is 4.24. The molecule has 4 aliphatic carbocycles. The zero-order chi connectivity index (χ0) is 23.9. The van der Waals surface area contributed by atoms with Crippen molar-refractivity contribution in [3.05, 3.63) is 42.0 Å². The van der Waals surface area contributed by atoms with Gasteiger partial charge in [-0.15, -0.1) is 0 Å². The summed E-state index contributed by atoms with van der Waals surface area (Å²) in [5.41, 5.74) is 1.94. The molecule has 4 fully saturated rings. The van der Waals surface area contributed by atoms with Crippen molar-refractivity contribution in [2.45, 2.75) is 91.4 Å². The molecule has 0 bridgehead atoms. The minimum atomic E-state index is 0.261. The van der Waals surface area contributed by atoms with Crippen LogP contribution >= 0.6 is 0 Å². The van der Waals surface area contributed by atoms with Crippen molar-refractivity contribution in [2.75, 3.05) is 0 Å². The molecule has 2 heteroatoms. The van der Waals surface area contributed by atoms with E-state index in [2.05, 4.69) is 20.8 Å². The molecular weight excluding hydrogens is 416 g/mol. The lowest BCUT2D eigenvalue weighted by Gasteiger charge is -2.60. The molecule has 5 rings (SSSR count). The number of ketones is 2. The maximum atomic E-state index is 12.6. The van der Waals surface area contributed by atoms with Crippen molar-refractivity contribution in [1.29, 1.82) is 0 Å². The van der Waals surface area contributed by atoms with Crippen LogP contribution < -0.4 is 0 Å². The minimum absolute atomic E-state index is 0.261. The van der Waals surface area contributed by atoms with Crippen molar-refractivity contribution < 1.29 is 9.59 Å².